The van der Waals surface area contributed by atoms with Crippen molar-refractivity contribution in [1.82, 2.24) is 9.13 Å². The fourth-order valence-corrected chi connectivity index (χ4v) is 8.60. The standard InChI is InChI=1S/C53H38N2/c1-5-19-43(20-6-1)53(44-21-7-2-8-22-44,45-33-29-39(30-34-45)51-37-41-17-13-15-27-49(41)54(51)47-23-9-3-10-24-47)46-35-31-40(32-36-46)52-38-42-18-14-16-28-50(42)55(52)48-25-11-4-12-26-48/h1-38H. The van der Waals surface area contributed by atoms with E-state index in [1.54, 1.807) is 0 Å². The highest BCUT2D eigenvalue weighted by Crippen LogP contribution is 2.46. The van der Waals surface area contributed by atoms with Gasteiger partial charge < -0.3 is 9.13 Å². The van der Waals surface area contributed by atoms with Gasteiger partial charge in [-0.25, -0.2) is 0 Å². The molecule has 0 spiro atoms. The average molecular weight is 703 g/mol. The van der Waals surface area contributed by atoms with Crippen LogP contribution in [0.25, 0.3) is 55.7 Å². The lowest BCUT2D eigenvalue weighted by Crippen LogP contribution is -2.31. The van der Waals surface area contributed by atoms with Crippen molar-refractivity contribution in [2.45, 2.75) is 5.41 Å². The topological polar surface area (TPSA) is 9.86 Å². The van der Waals surface area contributed by atoms with E-state index in [2.05, 4.69) is 240 Å². The summed E-state index contributed by atoms with van der Waals surface area (Å²) in [6.45, 7) is 0. The Labute approximate surface area is 321 Å². The molecule has 10 aromatic rings. The van der Waals surface area contributed by atoms with Crippen molar-refractivity contribution in [2.75, 3.05) is 0 Å². The molecule has 10 rings (SSSR count). The normalized spacial score (nSPS) is 11.6. The van der Waals surface area contributed by atoms with Gasteiger partial charge in [0.05, 0.1) is 27.8 Å². The highest BCUT2D eigenvalue weighted by atomic mass is 15.0. The van der Waals surface area contributed by atoms with Gasteiger partial charge in [-0.3, -0.25) is 0 Å². The summed E-state index contributed by atoms with van der Waals surface area (Å²) >= 11 is 0. The molecule has 2 heterocycles. The molecule has 2 heteroatoms. The second kappa shape index (κ2) is 13.7. The van der Waals surface area contributed by atoms with Crippen molar-refractivity contribution in [3.05, 3.63) is 253 Å². The van der Waals surface area contributed by atoms with E-state index in [1.165, 1.54) is 66.6 Å². The largest absolute Gasteiger partial charge is 0.309 e. The number of hydrogen-bond donors (Lipinski definition) is 0. The molecule has 0 saturated heterocycles. The van der Waals surface area contributed by atoms with Gasteiger partial charge in [0, 0.05) is 22.1 Å². The second-order valence-electron chi connectivity index (χ2n) is 14.2. The Kier molecular flexibility index (Phi) is 8.08. The van der Waals surface area contributed by atoms with Gasteiger partial charge in [0.25, 0.3) is 0 Å². The maximum absolute atomic E-state index is 2.37. The smallest absolute Gasteiger partial charge is 0.0701 e. The summed E-state index contributed by atoms with van der Waals surface area (Å²) in [7, 11) is 0. The van der Waals surface area contributed by atoms with E-state index >= 15 is 0 Å². The number of hydrogen-bond acceptors (Lipinski definition) is 0. The maximum atomic E-state index is 2.37. The third kappa shape index (κ3) is 5.50. The van der Waals surface area contributed by atoms with Crippen molar-refractivity contribution in [3.8, 4) is 33.9 Å². The summed E-state index contributed by atoms with van der Waals surface area (Å²) in [6.07, 6.45) is 0. The lowest BCUT2D eigenvalue weighted by molar-refractivity contribution is 0.745. The Bertz CT molecular complexity index is 2660. The van der Waals surface area contributed by atoms with E-state index in [0.717, 1.165) is 11.4 Å². The molecule has 0 N–H and O–H groups in total. The molecular weight excluding hydrogens is 665 g/mol. The zero-order chi connectivity index (χ0) is 36.6. The predicted octanol–water partition coefficient (Wildman–Crippen LogP) is 13.3. The number of benzene rings is 8. The van der Waals surface area contributed by atoms with Gasteiger partial charge in [-0.1, -0.05) is 182 Å². The van der Waals surface area contributed by atoms with Crippen LogP contribution in [0.4, 0.5) is 0 Å². The minimum atomic E-state index is -0.572. The van der Waals surface area contributed by atoms with Gasteiger partial charge in [-0.05, 0) is 81.9 Å². The van der Waals surface area contributed by atoms with Gasteiger partial charge in [0.15, 0.2) is 0 Å². The first-order chi connectivity index (χ1) is 27.3. The molecule has 2 nitrogen and oxygen atoms in total. The van der Waals surface area contributed by atoms with Crippen LogP contribution in [0.3, 0.4) is 0 Å². The molecule has 0 unspecified atom stereocenters. The zero-order valence-electron chi connectivity index (χ0n) is 30.3. The number of nitrogens with zero attached hydrogens (tertiary/aromatic N) is 2. The summed E-state index contributed by atoms with van der Waals surface area (Å²) in [5, 5.41) is 2.44. The Hall–Kier alpha value is -7.16. The molecule has 0 aliphatic rings. The van der Waals surface area contributed by atoms with Crippen LogP contribution in [0.2, 0.25) is 0 Å². The molecule has 0 bridgehead atoms. The molecule has 0 aliphatic heterocycles. The van der Waals surface area contributed by atoms with E-state index in [9.17, 15) is 0 Å². The van der Waals surface area contributed by atoms with Crippen LogP contribution in [0.15, 0.2) is 231 Å². The fourth-order valence-electron chi connectivity index (χ4n) is 8.60. The number of para-hydroxylation sites is 4. The monoisotopic (exact) mass is 702 g/mol. The molecule has 0 atom stereocenters. The fraction of sp³-hybridized carbons (Fsp3) is 0.0189. The van der Waals surface area contributed by atoms with Crippen molar-refractivity contribution in [1.29, 1.82) is 0 Å². The van der Waals surface area contributed by atoms with Crippen molar-refractivity contribution < 1.29 is 0 Å². The average Bonchev–Trinajstić information content (AvgIpc) is 3.86. The first kappa shape index (κ1) is 32.5. The minimum absolute atomic E-state index is 0.572. The van der Waals surface area contributed by atoms with Crippen molar-refractivity contribution >= 4 is 21.8 Å². The summed E-state index contributed by atoms with van der Waals surface area (Å²) in [6, 6.07) is 83.7. The molecule has 0 amide bonds. The van der Waals surface area contributed by atoms with E-state index < -0.39 is 5.41 Å². The molecular formula is C53H38N2. The Morgan fingerprint density at radius 2 is 0.582 bits per heavy atom. The SMILES string of the molecule is c1ccc(-n2c(-c3ccc(C(c4ccccc4)(c4ccccc4)c4ccc(-c5cc6ccccc6n5-c5ccccc5)cc4)cc3)cc3ccccc32)cc1. The molecule has 0 radical (unpaired) electrons. The van der Waals surface area contributed by atoms with E-state index in [-0.39, 0.29) is 0 Å². The van der Waals surface area contributed by atoms with Gasteiger partial charge >= 0.3 is 0 Å². The first-order valence-corrected chi connectivity index (χ1v) is 18.9. The lowest BCUT2D eigenvalue weighted by Gasteiger charge is -2.37. The first-order valence-electron chi connectivity index (χ1n) is 18.9. The van der Waals surface area contributed by atoms with E-state index in [0.29, 0.717) is 0 Å². The molecule has 0 aliphatic carbocycles. The molecule has 0 saturated carbocycles. The minimum Gasteiger partial charge on any atom is -0.309 e. The molecule has 0 fully saturated rings. The molecule has 2 aromatic heterocycles. The number of aromatic nitrogens is 2. The lowest BCUT2D eigenvalue weighted by atomic mass is 9.65. The third-order valence-corrected chi connectivity index (χ3v) is 11.1. The van der Waals surface area contributed by atoms with Crippen LogP contribution >= 0.6 is 0 Å². The highest BCUT2D eigenvalue weighted by molar-refractivity contribution is 5.90. The van der Waals surface area contributed by atoms with Crippen LogP contribution in [-0.4, -0.2) is 9.13 Å². The highest BCUT2D eigenvalue weighted by Gasteiger charge is 2.38. The van der Waals surface area contributed by atoms with Crippen LogP contribution < -0.4 is 0 Å². The summed E-state index contributed by atoms with van der Waals surface area (Å²) < 4.78 is 4.75. The molecule has 260 valence electrons. The Morgan fingerprint density at radius 1 is 0.273 bits per heavy atom. The molecule has 55 heavy (non-hydrogen) atoms. The van der Waals surface area contributed by atoms with Gasteiger partial charge in [0.2, 0.25) is 0 Å². The van der Waals surface area contributed by atoms with Crippen LogP contribution in [0.1, 0.15) is 22.3 Å². The zero-order valence-corrected chi connectivity index (χ0v) is 30.3. The van der Waals surface area contributed by atoms with Crippen molar-refractivity contribution in [2.24, 2.45) is 0 Å². The summed E-state index contributed by atoms with van der Waals surface area (Å²) in [4.78, 5) is 0. The number of rotatable bonds is 8. The number of fused-ring (bicyclic) bond motifs is 2. The quantitative estimate of drug-likeness (QED) is 0.140. The maximum Gasteiger partial charge on any atom is 0.0701 e. The Balaban J connectivity index is 1.15. The van der Waals surface area contributed by atoms with E-state index in [4.69, 9.17) is 0 Å². The van der Waals surface area contributed by atoms with Crippen LogP contribution in [-0.2, 0) is 5.41 Å². The van der Waals surface area contributed by atoms with Gasteiger partial charge in [-0.15, -0.1) is 0 Å². The summed E-state index contributed by atoms with van der Waals surface area (Å²) in [5.41, 5.74) is 13.7. The molecule has 8 aromatic carbocycles. The Morgan fingerprint density at radius 3 is 0.964 bits per heavy atom. The summed E-state index contributed by atoms with van der Waals surface area (Å²) in [5.74, 6) is 0. The van der Waals surface area contributed by atoms with Gasteiger partial charge in [0.1, 0.15) is 0 Å². The predicted molar refractivity (Wildman–Crippen MR) is 229 cm³/mol. The van der Waals surface area contributed by atoms with Crippen molar-refractivity contribution in [3.63, 3.8) is 0 Å². The van der Waals surface area contributed by atoms with Gasteiger partial charge in [-0.2, -0.15) is 0 Å². The van der Waals surface area contributed by atoms with E-state index in [1.807, 2.05) is 0 Å². The third-order valence-electron chi connectivity index (χ3n) is 11.1. The van der Waals surface area contributed by atoms with Crippen LogP contribution in [0, 0.1) is 0 Å². The second-order valence-corrected chi connectivity index (χ2v) is 14.2. The van der Waals surface area contributed by atoms with Crippen LogP contribution in [0.5, 0.6) is 0 Å².